The van der Waals surface area contributed by atoms with E-state index >= 15 is 0 Å². The number of hydrogen-bond acceptors (Lipinski definition) is 7. The SMILES string of the molecule is C=CC(=O)Sc1ccc(SOSc2ccc(SC(=O)C=C)cc2)cc1. The van der Waals surface area contributed by atoms with E-state index < -0.39 is 0 Å². The molecule has 0 saturated heterocycles. The van der Waals surface area contributed by atoms with Gasteiger partial charge in [-0.25, -0.2) is 3.63 Å². The van der Waals surface area contributed by atoms with Crippen molar-refractivity contribution < 1.29 is 13.2 Å². The molecule has 0 atom stereocenters. The molecule has 2 aromatic rings. The lowest BCUT2D eigenvalue weighted by Crippen LogP contribution is -1.83. The molecule has 0 aliphatic rings. The number of rotatable bonds is 8. The van der Waals surface area contributed by atoms with Gasteiger partial charge in [0, 0.05) is 43.7 Å². The molecule has 7 heteroatoms. The van der Waals surface area contributed by atoms with Crippen LogP contribution in [-0.2, 0) is 13.2 Å². The van der Waals surface area contributed by atoms with Crippen LogP contribution in [0.1, 0.15) is 0 Å². The fourth-order valence-corrected chi connectivity index (χ4v) is 3.97. The summed E-state index contributed by atoms with van der Waals surface area (Å²) < 4.78 is 5.54. The van der Waals surface area contributed by atoms with Crippen molar-refractivity contribution in [2.75, 3.05) is 0 Å². The van der Waals surface area contributed by atoms with Gasteiger partial charge in [-0.3, -0.25) is 9.59 Å². The van der Waals surface area contributed by atoms with Crippen molar-refractivity contribution in [1.29, 1.82) is 0 Å². The molecule has 0 saturated carbocycles. The Morgan fingerprint density at radius 1 is 0.680 bits per heavy atom. The predicted octanol–water partition coefficient (Wildman–Crippen LogP) is 6.03. The monoisotopic (exact) mass is 406 g/mol. The van der Waals surface area contributed by atoms with Gasteiger partial charge in [-0.05, 0) is 84.2 Å². The van der Waals surface area contributed by atoms with E-state index in [1.807, 2.05) is 48.5 Å². The van der Waals surface area contributed by atoms with Gasteiger partial charge < -0.3 is 0 Å². The summed E-state index contributed by atoms with van der Waals surface area (Å²) in [5, 5.41) is -0.160. The quantitative estimate of drug-likeness (QED) is 0.301. The molecule has 0 amide bonds. The largest absolute Gasteiger partial charge is 0.282 e. The molecule has 0 bridgehead atoms. The topological polar surface area (TPSA) is 43.4 Å². The number of benzene rings is 2. The van der Waals surface area contributed by atoms with E-state index in [2.05, 4.69) is 13.2 Å². The van der Waals surface area contributed by atoms with Crippen LogP contribution in [0, 0.1) is 0 Å². The zero-order valence-corrected chi connectivity index (χ0v) is 16.3. The first-order valence-corrected chi connectivity index (χ1v) is 10.1. The molecule has 0 unspecified atom stereocenters. The number of carbonyl (C=O) groups is 2. The smallest absolute Gasteiger partial charge is 0.216 e. The lowest BCUT2D eigenvalue weighted by Gasteiger charge is -2.04. The summed E-state index contributed by atoms with van der Waals surface area (Å²) in [5.74, 6) is 0. The van der Waals surface area contributed by atoms with Crippen LogP contribution in [0.3, 0.4) is 0 Å². The summed E-state index contributed by atoms with van der Waals surface area (Å²) in [5.41, 5.74) is 0. The van der Waals surface area contributed by atoms with Gasteiger partial charge in [-0.1, -0.05) is 13.2 Å². The fraction of sp³-hybridized carbons (Fsp3) is 0. The number of thioether (sulfide) groups is 2. The van der Waals surface area contributed by atoms with Crippen LogP contribution in [0.25, 0.3) is 0 Å². The molecule has 0 aliphatic heterocycles. The minimum atomic E-state index is -0.0800. The maximum absolute atomic E-state index is 11.3. The fourth-order valence-electron chi connectivity index (χ4n) is 1.54. The van der Waals surface area contributed by atoms with Crippen LogP contribution in [0.15, 0.2) is 93.4 Å². The highest BCUT2D eigenvalue weighted by molar-refractivity contribution is 8.14. The van der Waals surface area contributed by atoms with E-state index in [1.165, 1.54) is 36.2 Å². The first-order chi connectivity index (χ1) is 12.1. The van der Waals surface area contributed by atoms with Crippen molar-refractivity contribution >= 4 is 57.8 Å². The molecule has 0 N–H and O–H groups in total. The molecule has 25 heavy (non-hydrogen) atoms. The zero-order valence-electron chi connectivity index (χ0n) is 13.0. The second kappa shape index (κ2) is 10.6. The molecule has 128 valence electrons. The normalized spacial score (nSPS) is 10.2. The standard InChI is InChI=1S/C18H14O3S4/c1-3-17(19)22-13-5-9-15(10-6-13)24-21-25-16-11-7-14(8-12-16)23-18(20)4-2/h3-12H,1-2H2. The first-order valence-electron chi connectivity index (χ1n) is 7.00. The van der Waals surface area contributed by atoms with Gasteiger partial charge in [-0.2, -0.15) is 0 Å². The Balaban J connectivity index is 1.80. The Kier molecular flexibility index (Phi) is 8.43. The Labute approximate surface area is 164 Å². The molecular weight excluding hydrogens is 392 g/mol. The third kappa shape index (κ3) is 7.17. The second-order valence-electron chi connectivity index (χ2n) is 4.43. The summed E-state index contributed by atoms with van der Waals surface area (Å²) >= 11 is 4.76. The molecule has 0 fully saturated rings. The minimum Gasteiger partial charge on any atom is -0.282 e. The van der Waals surface area contributed by atoms with Crippen LogP contribution in [-0.4, -0.2) is 10.2 Å². The van der Waals surface area contributed by atoms with Gasteiger partial charge in [-0.15, -0.1) is 0 Å². The lowest BCUT2D eigenvalue weighted by atomic mass is 10.4. The van der Waals surface area contributed by atoms with Crippen molar-refractivity contribution in [2.24, 2.45) is 0 Å². The maximum atomic E-state index is 11.3. The van der Waals surface area contributed by atoms with Crippen molar-refractivity contribution in [3.05, 3.63) is 73.8 Å². The van der Waals surface area contributed by atoms with Crippen molar-refractivity contribution in [3.63, 3.8) is 0 Å². The average molecular weight is 407 g/mol. The number of hydrogen-bond donors (Lipinski definition) is 0. The van der Waals surface area contributed by atoms with Crippen LogP contribution in [0.2, 0.25) is 0 Å². The molecule has 0 spiro atoms. The minimum absolute atomic E-state index is 0.0800. The Morgan fingerprint density at radius 3 is 1.32 bits per heavy atom. The van der Waals surface area contributed by atoms with Crippen LogP contribution in [0.5, 0.6) is 0 Å². The highest BCUT2D eigenvalue weighted by Crippen LogP contribution is 2.32. The Hall–Kier alpha value is -1.38. The van der Waals surface area contributed by atoms with Crippen LogP contribution >= 0.6 is 47.6 Å². The summed E-state index contributed by atoms with van der Waals surface area (Å²) in [6.45, 7) is 6.90. The van der Waals surface area contributed by atoms with Gasteiger partial charge in [0.15, 0.2) is 0 Å². The van der Waals surface area contributed by atoms with Crippen LogP contribution < -0.4 is 0 Å². The van der Waals surface area contributed by atoms with Gasteiger partial charge in [0.25, 0.3) is 0 Å². The Bertz CT molecular complexity index is 689. The van der Waals surface area contributed by atoms with E-state index in [-0.39, 0.29) is 10.2 Å². The van der Waals surface area contributed by atoms with Crippen molar-refractivity contribution in [3.8, 4) is 0 Å². The van der Waals surface area contributed by atoms with Crippen molar-refractivity contribution in [1.82, 2.24) is 0 Å². The predicted molar refractivity (Wildman–Crippen MR) is 108 cm³/mol. The van der Waals surface area contributed by atoms with Crippen molar-refractivity contribution in [2.45, 2.75) is 19.6 Å². The van der Waals surface area contributed by atoms with E-state index in [9.17, 15) is 9.59 Å². The van der Waals surface area contributed by atoms with E-state index in [0.29, 0.717) is 0 Å². The summed E-state index contributed by atoms with van der Waals surface area (Å²) in [4.78, 5) is 26.2. The highest BCUT2D eigenvalue weighted by atomic mass is 32.2. The lowest BCUT2D eigenvalue weighted by molar-refractivity contribution is -0.107. The number of carbonyl (C=O) groups excluding carboxylic acids is 2. The van der Waals surface area contributed by atoms with E-state index in [4.69, 9.17) is 3.63 Å². The molecule has 3 nitrogen and oxygen atoms in total. The van der Waals surface area contributed by atoms with E-state index in [0.717, 1.165) is 43.1 Å². The van der Waals surface area contributed by atoms with Gasteiger partial charge >= 0.3 is 0 Å². The van der Waals surface area contributed by atoms with Gasteiger partial charge in [0.05, 0.1) is 0 Å². The third-order valence-electron chi connectivity index (χ3n) is 2.68. The molecule has 2 rings (SSSR count). The molecule has 0 heterocycles. The van der Waals surface area contributed by atoms with Crippen LogP contribution in [0.4, 0.5) is 0 Å². The second-order valence-corrected chi connectivity index (χ2v) is 8.40. The van der Waals surface area contributed by atoms with Gasteiger partial charge in [0.1, 0.15) is 0 Å². The van der Waals surface area contributed by atoms with Gasteiger partial charge in [0.2, 0.25) is 10.2 Å². The molecule has 2 aromatic carbocycles. The maximum Gasteiger partial charge on any atom is 0.216 e. The summed E-state index contributed by atoms with van der Waals surface area (Å²) in [6.07, 6.45) is 2.59. The first kappa shape index (κ1) is 19.9. The molecule has 0 aliphatic carbocycles. The average Bonchev–Trinajstić information content (AvgIpc) is 2.64. The molecular formula is C18H14O3S4. The summed E-state index contributed by atoms with van der Waals surface area (Å²) in [6, 6.07) is 15.0. The molecule has 0 radical (unpaired) electrons. The third-order valence-corrected chi connectivity index (χ3v) is 5.90. The van der Waals surface area contributed by atoms with E-state index in [1.54, 1.807) is 0 Å². The summed E-state index contributed by atoms with van der Waals surface area (Å²) in [7, 11) is 0. The highest BCUT2D eigenvalue weighted by Gasteiger charge is 2.04. The Morgan fingerprint density at radius 2 is 1.00 bits per heavy atom. The zero-order chi connectivity index (χ0) is 18.1. The molecule has 0 aromatic heterocycles.